The summed E-state index contributed by atoms with van der Waals surface area (Å²) in [5, 5.41) is 2.01. The standard InChI is InChI=1S/C19H20N2O3/c1-4-24-19(23)18-12(3)17-14-8-13(7-11(2)10-22)5-6-15(14)21-16(17)9-20-18/h5-6,8-11,21H,4,7H2,1-3H3. The third kappa shape index (κ3) is 2.77. The molecule has 3 aromatic rings. The first kappa shape index (κ1) is 16.2. The predicted octanol–water partition coefficient (Wildman–Crippen LogP) is 3.58. The smallest absolute Gasteiger partial charge is 0.357 e. The summed E-state index contributed by atoms with van der Waals surface area (Å²) in [6.07, 6.45) is 3.33. The number of rotatable bonds is 5. The number of ether oxygens (including phenoxy) is 1. The number of hydrogen-bond donors (Lipinski definition) is 1. The van der Waals surface area contributed by atoms with Gasteiger partial charge in [-0.3, -0.25) is 0 Å². The molecule has 0 saturated heterocycles. The first-order valence-corrected chi connectivity index (χ1v) is 8.07. The van der Waals surface area contributed by atoms with E-state index in [-0.39, 0.29) is 5.92 Å². The minimum atomic E-state index is -0.406. The second-order valence-corrected chi connectivity index (χ2v) is 6.06. The Labute approximate surface area is 140 Å². The molecule has 0 aliphatic carbocycles. The number of hydrogen-bond acceptors (Lipinski definition) is 4. The molecule has 1 N–H and O–H groups in total. The molecular weight excluding hydrogens is 304 g/mol. The molecule has 1 atom stereocenters. The van der Waals surface area contributed by atoms with E-state index in [1.807, 2.05) is 26.0 Å². The molecule has 1 aromatic carbocycles. The number of esters is 1. The van der Waals surface area contributed by atoms with E-state index in [1.54, 1.807) is 13.1 Å². The van der Waals surface area contributed by atoms with Crippen LogP contribution in [-0.2, 0) is 16.0 Å². The molecule has 0 saturated carbocycles. The van der Waals surface area contributed by atoms with Crippen LogP contribution < -0.4 is 0 Å². The number of carbonyl (C=O) groups excluding carboxylic acids is 2. The summed E-state index contributed by atoms with van der Waals surface area (Å²) in [6.45, 7) is 5.88. The van der Waals surface area contributed by atoms with E-state index in [4.69, 9.17) is 4.74 Å². The van der Waals surface area contributed by atoms with Gasteiger partial charge in [-0.1, -0.05) is 13.0 Å². The third-order valence-electron chi connectivity index (χ3n) is 4.20. The summed E-state index contributed by atoms with van der Waals surface area (Å²) >= 11 is 0. The Bertz CT molecular complexity index is 927. The SMILES string of the molecule is CCOC(=O)c1ncc2[nH]c3ccc(CC(C)C=O)cc3c2c1C. The number of nitrogens with zero attached hydrogens (tertiary/aromatic N) is 1. The van der Waals surface area contributed by atoms with Crippen molar-refractivity contribution in [3.63, 3.8) is 0 Å². The predicted molar refractivity (Wildman–Crippen MR) is 93.2 cm³/mol. The fourth-order valence-electron chi connectivity index (χ4n) is 3.06. The molecule has 2 aromatic heterocycles. The van der Waals surface area contributed by atoms with Gasteiger partial charge in [-0.05, 0) is 43.5 Å². The van der Waals surface area contributed by atoms with Crippen molar-refractivity contribution in [1.29, 1.82) is 0 Å². The Hall–Kier alpha value is -2.69. The lowest BCUT2D eigenvalue weighted by atomic mass is 9.99. The van der Waals surface area contributed by atoms with Gasteiger partial charge in [0.1, 0.15) is 6.29 Å². The molecule has 5 nitrogen and oxygen atoms in total. The van der Waals surface area contributed by atoms with Gasteiger partial charge < -0.3 is 14.5 Å². The lowest BCUT2D eigenvalue weighted by Crippen LogP contribution is -2.09. The van der Waals surface area contributed by atoms with Crippen LogP contribution in [0.2, 0.25) is 0 Å². The maximum absolute atomic E-state index is 12.1. The van der Waals surface area contributed by atoms with Crippen LogP contribution in [0.5, 0.6) is 0 Å². The molecule has 0 aliphatic heterocycles. The summed E-state index contributed by atoms with van der Waals surface area (Å²) in [6, 6.07) is 6.11. The summed E-state index contributed by atoms with van der Waals surface area (Å²) < 4.78 is 5.09. The minimum Gasteiger partial charge on any atom is -0.461 e. The molecule has 1 unspecified atom stereocenters. The number of fused-ring (bicyclic) bond motifs is 3. The normalized spacial score (nSPS) is 12.5. The Morgan fingerprint density at radius 2 is 2.17 bits per heavy atom. The van der Waals surface area contributed by atoms with Gasteiger partial charge in [0.15, 0.2) is 5.69 Å². The molecule has 0 spiro atoms. The molecule has 3 rings (SSSR count). The Kier molecular flexibility index (Phi) is 4.34. The summed E-state index contributed by atoms with van der Waals surface area (Å²) in [5.74, 6) is -0.428. The van der Waals surface area contributed by atoms with E-state index < -0.39 is 5.97 Å². The van der Waals surface area contributed by atoms with Crippen molar-refractivity contribution >= 4 is 34.1 Å². The summed E-state index contributed by atoms with van der Waals surface area (Å²) in [7, 11) is 0. The first-order valence-electron chi connectivity index (χ1n) is 8.07. The van der Waals surface area contributed by atoms with E-state index in [9.17, 15) is 9.59 Å². The van der Waals surface area contributed by atoms with Crippen LogP contribution in [0.3, 0.4) is 0 Å². The summed E-state index contributed by atoms with van der Waals surface area (Å²) in [5.41, 5.74) is 4.11. The van der Waals surface area contributed by atoms with Crippen LogP contribution in [0, 0.1) is 12.8 Å². The Morgan fingerprint density at radius 3 is 2.88 bits per heavy atom. The number of aromatic amines is 1. The number of aromatic nitrogens is 2. The van der Waals surface area contributed by atoms with E-state index in [1.165, 1.54) is 0 Å². The van der Waals surface area contributed by atoms with Crippen LogP contribution in [0.15, 0.2) is 24.4 Å². The van der Waals surface area contributed by atoms with Gasteiger partial charge in [0.2, 0.25) is 0 Å². The largest absolute Gasteiger partial charge is 0.461 e. The van der Waals surface area contributed by atoms with Crippen molar-refractivity contribution in [2.75, 3.05) is 6.61 Å². The highest BCUT2D eigenvalue weighted by Gasteiger charge is 2.17. The number of nitrogens with one attached hydrogen (secondary N) is 1. The number of aryl methyl sites for hydroxylation is 1. The van der Waals surface area contributed by atoms with Gasteiger partial charge in [0, 0.05) is 22.2 Å². The number of benzene rings is 1. The van der Waals surface area contributed by atoms with Gasteiger partial charge in [-0.15, -0.1) is 0 Å². The van der Waals surface area contributed by atoms with Crippen molar-refractivity contribution < 1.29 is 14.3 Å². The monoisotopic (exact) mass is 324 g/mol. The van der Waals surface area contributed by atoms with Crippen molar-refractivity contribution in [2.45, 2.75) is 27.2 Å². The van der Waals surface area contributed by atoms with Gasteiger partial charge in [-0.25, -0.2) is 9.78 Å². The van der Waals surface area contributed by atoms with Crippen LogP contribution in [0.1, 0.15) is 35.5 Å². The average molecular weight is 324 g/mol. The second-order valence-electron chi connectivity index (χ2n) is 6.06. The van der Waals surface area contributed by atoms with Crippen LogP contribution >= 0.6 is 0 Å². The van der Waals surface area contributed by atoms with Crippen LogP contribution in [0.25, 0.3) is 21.8 Å². The highest BCUT2D eigenvalue weighted by Crippen LogP contribution is 2.30. The van der Waals surface area contributed by atoms with Crippen LogP contribution in [-0.4, -0.2) is 28.8 Å². The molecule has 0 aliphatic rings. The lowest BCUT2D eigenvalue weighted by molar-refractivity contribution is -0.110. The quantitative estimate of drug-likeness (QED) is 0.575. The molecule has 0 bridgehead atoms. The van der Waals surface area contributed by atoms with Crippen LogP contribution in [0.4, 0.5) is 0 Å². The number of aldehydes is 1. The van der Waals surface area contributed by atoms with Gasteiger partial charge in [0.05, 0.1) is 18.3 Å². The van der Waals surface area contributed by atoms with E-state index in [2.05, 4.69) is 16.0 Å². The minimum absolute atomic E-state index is 0.0227. The first-order chi connectivity index (χ1) is 11.5. The highest BCUT2D eigenvalue weighted by atomic mass is 16.5. The average Bonchev–Trinajstić information content (AvgIpc) is 2.93. The summed E-state index contributed by atoms with van der Waals surface area (Å²) in [4.78, 5) is 30.6. The second kappa shape index (κ2) is 6.43. The molecule has 0 amide bonds. The van der Waals surface area contributed by atoms with Crippen molar-refractivity contribution in [1.82, 2.24) is 9.97 Å². The molecular formula is C19H20N2O3. The molecule has 5 heteroatoms. The van der Waals surface area contributed by atoms with Gasteiger partial charge in [0.25, 0.3) is 0 Å². The molecule has 24 heavy (non-hydrogen) atoms. The van der Waals surface area contributed by atoms with Gasteiger partial charge in [-0.2, -0.15) is 0 Å². The maximum Gasteiger partial charge on any atom is 0.357 e. The molecule has 0 fully saturated rings. The Morgan fingerprint density at radius 1 is 1.38 bits per heavy atom. The van der Waals surface area contributed by atoms with E-state index in [0.717, 1.165) is 39.2 Å². The number of H-pyrrole nitrogens is 1. The maximum atomic E-state index is 12.1. The Balaban J connectivity index is 2.17. The molecule has 124 valence electrons. The fourth-order valence-corrected chi connectivity index (χ4v) is 3.06. The number of carbonyl (C=O) groups is 2. The zero-order chi connectivity index (χ0) is 17.3. The van der Waals surface area contributed by atoms with Crippen molar-refractivity contribution in [3.8, 4) is 0 Å². The van der Waals surface area contributed by atoms with E-state index >= 15 is 0 Å². The number of pyridine rings is 1. The third-order valence-corrected chi connectivity index (χ3v) is 4.20. The zero-order valence-electron chi connectivity index (χ0n) is 14.1. The molecule has 0 radical (unpaired) electrons. The zero-order valence-corrected chi connectivity index (χ0v) is 14.1. The van der Waals surface area contributed by atoms with Gasteiger partial charge >= 0.3 is 5.97 Å². The molecule has 2 heterocycles. The highest BCUT2D eigenvalue weighted by molar-refractivity contribution is 6.11. The fraction of sp³-hybridized carbons (Fsp3) is 0.316. The lowest BCUT2D eigenvalue weighted by Gasteiger charge is -2.07. The van der Waals surface area contributed by atoms with Crippen molar-refractivity contribution in [3.05, 3.63) is 41.2 Å². The van der Waals surface area contributed by atoms with E-state index in [0.29, 0.717) is 18.7 Å². The van der Waals surface area contributed by atoms with Crippen molar-refractivity contribution in [2.24, 2.45) is 5.92 Å². The topological polar surface area (TPSA) is 72.0 Å².